The molecule has 0 spiro atoms. The number of rotatable bonds is 7. The summed E-state index contributed by atoms with van der Waals surface area (Å²) in [6, 6.07) is 23.5. The molecule has 4 rings (SSSR count). The first-order valence-corrected chi connectivity index (χ1v) is 10.7. The monoisotopic (exact) mass is 445 g/mol. The number of hydrogen-bond acceptors (Lipinski definition) is 7. The van der Waals surface area contributed by atoms with E-state index in [2.05, 4.69) is 20.8 Å². The Morgan fingerprint density at radius 3 is 2.44 bits per heavy atom. The van der Waals surface area contributed by atoms with Crippen LogP contribution < -0.4 is 5.32 Å². The predicted molar refractivity (Wildman–Crippen MR) is 121 cm³/mol. The molecule has 4 aromatic rings. The summed E-state index contributed by atoms with van der Waals surface area (Å²) < 4.78 is 6.37. The topological polar surface area (TPSA) is 99.0 Å². The molecule has 1 aromatic heterocycles. The molecule has 0 aliphatic carbocycles. The summed E-state index contributed by atoms with van der Waals surface area (Å²) in [5.41, 5.74) is 2.40. The second-order valence-electron chi connectivity index (χ2n) is 6.65. The van der Waals surface area contributed by atoms with Crippen LogP contribution in [0.5, 0.6) is 0 Å². The SMILES string of the molecule is COC(=O)c1ccc(NC(=O)c2ccccc2SCc2nnnn2-c2ccccc2)cc1. The Balaban J connectivity index is 1.47. The zero-order chi connectivity index (χ0) is 22.3. The highest BCUT2D eigenvalue weighted by Gasteiger charge is 2.15. The molecule has 0 radical (unpaired) electrons. The number of benzene rings is 3. The van der Waals surface area contributed by atoms with Crippen molar-refractivity contribution in [1.82, 2.24) is 20.2 Å². The van der Waals surface area contributed by atoms with E-state index in [1.807, 2.05) is 48.5 Å². The van der Waals surface area contributed by atoms with Gasteiger partial charge in [0.15, 0.2) is 5.82 Å². The summed E-state index contributed by atoms with van der Waals surface area (Å²) in [7, 11) is 1.32. The number of nitrogens with one attached hydrogen (secondary N) is 1. The van der Waals surface area contributed by atoms with E-state index in [1.165, 1.54) is 18.9 Å². The Morgan fingerprint density at radius 2 is 1.69 bits per heavy atom. The van der Waals surface area contributed by atoms with Crippen molar-refractivity contribution in [2.24, 2.45) is 0 Å². The van der Waals surface area contributed by atoms with Crippen LogP contribution in [0.25, 0.3) is 5.69 Å². The van der Waals surface area contributed by atoms with Crippen LogP contribution in [0.1, 0.15) is 26.5 Å². The van der Waals surface area contributed by atoms with Gasteiger partial charge in [-0.2, -0.15) is 4.68 Å². The number of hydrogen-bond donors (Lipinski definition) is 1. The lowest BCUT2D eigenvalue weighted by atomic mass is 10.2. The maximum absolute atomic E-state index is 12.9. The predicted octanol–water partition coefficient (Wildman–Crippen LogP) is 3.99. The fourth-order valence-corrected chi connectivity index (χ4v) is 3.95. The first-order chi connectivity index (χ1) is 15.7. The number of carbonyl (C=O) groups excluding carboxylic acids is 2. The van der Waals surface area contributed by atoms with Gasteiger partial charge in [-0.1, -0.05) is 30.3 Å². The summed E-state index contributed by atoms with van der Waals surface area (Å²) in [4.78, 5) is 25.3. The molecule has 0 aliphatic rings. The first kappa shape index (κ1) is 21.3. The summed E-state index contributed by atoms with van der Waals surface area (Å²) in [5.74, 6) is 0.485. The minimum absolute atomic E-state index is 0.249. The Morgan fingerprint density at radius 1 is 0.969 bits per heavy atom. The number of nitrogens with zero attached hydrogens (tertiary/aromatic N) is 4. The van der Waals surface area contributed by atoms with Gasteiger partial charge in [0.05, 0.1) is 29.7 Å². The number of tetrazole rings is 1. The van der Waals surface area contributed by atoms with E-state index in [9.17, 15) is 9.59 Å². The summed E-state index contributed by atoms with van der Waals surface area (Å²) >= 11 is 1.48. The molecule has 0 bridgehead atoms. The molecule has 1 heterocycles. The number of amides is 1. The van der Waals surface area contributed by atoms with Crippen molar-refractivity contribution in [2.75, 3.05) is 12.4 Å². The van der Waals surface area contributed by atoms with Crippen LogP contribution in [0, 0.1) is 0 Å². The van der Waals surface area contributed by atoms with E-state index in [-0.39, 0.29) is 5.91 Å². The molecule has 0 saturated carbocycles. The third-order valence-electron chi connectivity index (χ3n) is 4.59. The number of carbonyl (C=O) groups is 2. The Kier molecular flexibility index (Phi) is 6.57. The number of esters is 1. The van der Waals surface area contributed by atoms with Gasteiger partial charge in [0.1, 0.15) is 0 Å². The Bertz CT molecular complexity index is 1230. The van der Waals surface area contributed by atoms with Crippen LogP contribution in [0.4, 0.5) is 5.69 Å². The molecular weight excluding hydrogens is 426 g/mol. The minimum atomic E-state index is -0.428. The quantitative estimate of drug-likeness (QED) is 0.339. The third kappa shape index (κ3) is 4.84. The minimum Gasteiger partial charge on any atom is -0.465 e. The maximum atomic E-state index is 12.9. The lowest BCUT2D eigenvalue weighted by Gasteiger charge is -2.10. The molecule has 0 fully saturated rings. The molecule has 9 heteroatoms. The Hall–Kier alpha value is -3.98. The van der Waals surface area contributed by atoms with Gasteiger partial charge in [0, 0.05) is 10.6 Å². The van der Waals surface area contributed by atoms with Crippen molar-refractivity contribution in [3.05, 3.63) is 95.8 Å². The van der Waals surface area contributed by atoms with E-state index in [1.54, 1.807) is 35.0 Å². The van der Waals surface area contributed by atoms with Crippen LogP contribution in [0.15, 0.2) is 83.8 Å². The summed E-state index contributed by atoms with van der Waals surface area (Å²) in [6.07, 6.45) is 0. The molecule has 0 atom stereocenters. The zero-order valence-electron chi connectivity index (χ0n) is 17.1. The number of ether oxygens (including phenoxy) is 1. The van der Waals surface area contributed by atoms with E-state index in [0.717, 1.165) is 10.6 Å². The van der Waals surface area contributed by atoms with E-state index in [4.69, 9.17) is 4.74 Å². The smallest absolute Gasteiger partial charge is 0.337 e. The average molecular weight is 446 g/mol. The second-order valence-corrected chi connectivity index (χ2v) is 7.67. The number of anilines is 1. The van der Waals surface area contributed by atoms with Gasteiger partial charge in [0.2, 0.25) is 0 Å². The molecule has 1 amide bonds. The zero-order valence-corrected chi connectivity index (χ0v) is 18.0. The number of methoxy groups -OCH3 is 1. The summed E-state index contributed by atoms with van der Waals surface area (Å²) in [6.45, 7) is 0. The van der Waals surface area contributed by atoms with Crippen LogP contribution in [-0.4, -0.2) is 39.2 Å². The standard InChI is InChI=1S/C23H19N5O3S/c1-31-23(30)16-11-13-17(14-12-16)24-22(29)19-9-5-6-10-20(19)32-15-21-25-26-27-28(21)18-7-3-2-4-8-18/h2-14H,15H2,1H3,(H,24,29). The first-order valence-electron chi connectivity index (χ1n) is 9.70. The van der Waals surface area contributed by atoms with E-state index >= 15 is 0 Å². The number of thioether (sulfide) groups is 1. The molecule has 8 nitrogen and oxygen atoms in total. The highest BCUT2D eigenvalue weighted by atomic mass is 32.2. The normalized spacial score (nSPS) is 10.5. The van der Waals surface area contributed by atoms with Gasteiger partial charge in [-0.05, 0) is 59.0 Å². The molecule has 0 saturated heterocycles. The van der Waals surface area contributed by atoms with E-state index < -0.39 is 5.97 Å². The molecule has 0 unspecified atom stereocenters. The molecule has 32 heavy (non-hydrogen) atoms. The van der Waals surface area contributed by atoms with Gasteiger partial charge in [-0.3, -0.25) is 4.79 Å². The van der Waals surface area contributed by atoms with Crippen LogP contribution in [-0.2, 0) is 10.5 Å². The average Bonchev–Trinajstić information content (AvgIpc) is 3.32. The van der Waals surface area contributed by atoms with Gasteiger partial charge < -0.3 is 10.1 Å². The highest BCUT2D eigenvalue weighted by Crippen LogP contribution is 2.27. The number of aromatic nitrogens is 4. The van der Waals surface area contributed by atoms with Crippen molar-refractivity contribution in [2.45, 2.75) is 10.6 Å². The number of para-hydroxylation sites is 1. The van der Waals surface area contributed by atoms with E-state index in [0.29, 0.717) is 28.4 Å². The van der Waals surface area contributed by atoms with Crippen molar-refractivity contribution in [3.63, 3.8) is 0 Å². The maximum Gasteiger partial charge on any atom is 0.337 e. The van der Waals surface area contributed by atoms with Crippen molar-refractivity contribution in [3.8, 4) is 5.69 Å². The molecule has 0 aliphatic heterocycles. The fraction of sp³-hybridized carbons (Fsp3) is 0.0870. The van der Waals surface area contributed by atoms with Crippen LogP contribution in [0.3, 0.4) is 0 Å². The van der Waals surface area contributed by atoms with Crippen molar-refractivity contribution < 1.29 is 14.3 Å². The van der Waals surface area contributed by atoms with Gasteiger partial charge >= 0.3 is 5.97 Å². The van der Waals surface area contributed by atoms with Gasteiger partial charge in [-0.25, -0.2) is 4.79 Å². The van der Waals surface area contributed by atoms with Gasteiger partial charge in [-0.15, -0.1) is 16.9 Å². The summed E-state index contributed by atoms with van der Waals surface area (Å²) in [5, 5.41) is 14.8. The largest absolute Gasteiger partial charge is 0.465 e. The third-order valence-corrected chi connectivity index (χ3v) is 5.66. The lowest BCUT2D eigenvalue weighted by molar-refractivity contribution is 0.0600. The molecular formula is C23H19N5O3S. The molecule has 1 N–H and O–H groups in total. The fourth-order valence-electron chi connectivity index (χ4n) is 2.99. The van der Waals surface area contributed by atoms with Crippen LogP contribution >= 0.6 is 11.8 Å². The van der Waals surface area contributed by atoms with Crippen molar-refractivity contribution >= 4 is 29.3 Å². The molecule has 160 valence electrons. The van der Waals surface area contributed by atoms with Crippen LogP contribution in [0.2, 0.25) is 0 Å². The second kappa shape index (κ2) is 9.88. The lowest BCUT2D eigenvalue weighted by Crippen LogP contribution is -2.13. The van der Waals surface area contributed by atoms with Crippen molar-refractivity contribution in [1.29, 1.82) is 0 Å². The highest BCUT2D eigenvalue weighted by molar-refractivity contribution is 7.98. The molecule has 3 aromatic carbocycles. The Labute approximate surface area is 188 Å². The van der Waals surface area contributed by atoms with Gasteiger partial charge in [0.25, 0.3) is 5.91 Å².